The number of anilines is 6. The molecule has 0 saturated carbocycles. The molecule has 0 aliphatic heterocycles. The van der Waals surface area contributed by atoms with Gasteiger partial charge in [-0.3, -0.25) is 0 Å². The Morgan fingerprint density at radius 3 is 0.830 bits per heavy atom. The van der Waals surface area contributed by atoms with Gasteiger partial charge in [0.05, 0.1) is 10.8 Å². The monoisotopic (exact) mass is 1350 g/mol. The molecule has 16 aromatic carbocycles. The van der Waals surface area contributed by atoms with Gasteiger partial charge >= 0.3 is 0 Å². The average molecular weight is 1350 g/mol. The fourth-order valence-corrected chi connectivity index (χ4v) is 19.0. The van der Waals surface area contributed by atoms with E-state index in [1.807, 2.05) is 0 Å². The highest BCUT2D eigenvalue weighted by molar-refractivity contribution is 5.95. The standard InChI is InChI=1S/C104H76N2/c1-101(2)93-39-23-20-38-87(93)91-65-81(57-62-94(91)101)105(83-55-60-88-85-36-21-24-40-96(85)103(99(88)67-83,75-28-12-6-13-29-75)76-30-14-7-15-31-76)80-53-48-72(49-54-80)70-42-44-73(45-43-70)74-50-59-90-92-66-82(58-63-95(92)102(3,4)98(90)64-74)106(79-51-46-71(47-52-79)69-26-10-5-11-27-69)84-56-61-89-86-37-22-25-41-97(86)104(100(89)68-84,77-32-16-8-17-33-77)78-34-18-9-19-35-78/h5-68H,1-4H3. The quantitative estimate of drug-likeness (QED) is 0.114. The van der Waals surface area contributed by atoms with Crippen molar-refractivity contribution in [3.63, 3.8) is 0 Å². The smallest absolute Gasteiger partial charge is 0.0714 e. The van der Waals surface area contributed by atoms with Gasteiger partial charge in [0.1, 0.15) is 0 Å². The highest BCUT2D eigenvalue weighted by Crippen LogP contribution is 2.61. The van der Waals surface area contributed by atoms with Gasteiger partial charge in [-0.15, -0.1) is 0 Å². The van der Waals surface area contributed by atoms with Gasteiger partial charge < -0.3 is 9.80 Å². The number of hydrogen-bond donors (Lipinski definition) is 0. The van der Waals surface area contributed by atoms with Crippen molar-refractivity contribution in [2.24, 2.45) is 0 Å². The maximum atomic E-state index is 2.49. The molecule has 16 aromatic rings. The molecule has 2 nitrogen and oxygen atoms in total. The van der Waals surface area contributed by atoms with E-state index in [0.29, 0.717) is 0 Å². The predicted octanol–water partition coefficient (Wildman–Crippen LogP) is 27.0. The van der Waals surface area contributed by atoms with E-state index in [4.69, 9.17) is 0 Å². The minimum atomic E-state index is -0.543. The zero-order valence-electron chi connectivity index (χ0n) is 59.8. The fraction of sp³-hybridized carbons (Fsp3) is 0.0769. The fourth-order valence-electron chi connectivity index (χ4n) is 19.0. The van der Waals surface area contributed by atoms with Crippen LogP contribution in [0.5, 0.6) is 0 Å². The first-order chi connectivity index (χ1) is 52.1. The summed E-state index contributed by atoms with van der Waals surface area (Å²) in [6.07, 6.45) is 0. The largest absolute Gasteiger partial charge is 0.310 e. The predicted molar refractivity (Wildman–Crippen MR) is 442 cm³/mol. The van der Waals surface area contributed by atoms with Crippen molar-refractivity contribution < 1.29 is 0 Å². The molecule has 502 valence electrons. The lowest BCUT2D eigenvalue weighted by Gasteiger charge is -2.35. The molecule has 4 aliphatic carbocycles. The van der Waals surface area contributed by atoms with Gasteiger partial charge in [-0.1, -0.05) is 337 Å². The Bertz CT molecular complexity index is 6020. The van der Waals surface area contributed by atoms with Crippen molar-refractivity contribution in [2.45, 2.75) is 49.4 Å². The molecule has 0 saturated heterocycles. The number of rotatable bonds is 13. The van der Waals surface area contributed by atoms with Crippen LogP contribution in [0.4, 0.5) is 34.1 Å². The summed E-state index contributed by atoms with van der Waals surface area (Å²) in [5, 5.41) is 0. The molecule has 2 heteroatoms. The second-order valence-electron chi connectivity index (χ2n) is 30.2. The first-order valence-corrected chi connectivity index (χ1v) is 37.3. The maximum Gasteiger partial charge on any atom is 0.0714 e. The molecule has 0 radical (unpaired) electrons. The van der Waals surface area contributed by atoms with Crippen LogP contribution >= 0.6 is 0 Å². The Labute approximate surface area is 622 Å². The third-order valence-electron chi connectivity index (χ3n) is 24.1. The zero-order chi connectivity index (χ0) is 70.9. The summed E-state index contributed by atoms with van der Waals surface area (Å²) in [6, 6.07) is 146. The highest BCUT2D eigenvalue weighted by atomic mass is 15.1. The van der Waals surface area contributed by atoms with Crippen molar-refractivity contribution in [3.05, 3.63) is 455 Å². The molecular weight excluding hydrogens is 1280 g/mol. The molecule has 0 atom stereocenters. The molecule has 106 heavy (non-hydrogen) atoms. The summed E-state index contributed by atoms with van der Waals surface area (Å²) in [4.78, 5) is 4.96. The molecule has 0 spiro atoms. The minimum Gasteiger partial charge on any atom is -0.310 e. The number of nitrogens with zero attached hydrogens (tertiary/aromatic N) is 2. The van der Waals surface area contributed by atoms with Gasteiger partial charge in [0.15, 0.2) is 0 Å². The normalized spacial score (nSPS) is 14.3. The number of hydrogen-bond acceptors (Lipinski definition) is 2. The van der Waals surface area contributed by atoms with Crippen molar-refractivity contribution in [1.29, 1.82) is 0 Å². The minimum absolute atomic E-state index is 0.117. The van der Waals surface area contributed by atoms with Gasteiger partial charge in [0.25, 0.3) is 0 Å². The molecule has 4 aliphatic rings. The van der Waals surface area contributed by atoms with E-state index in [1.165, 1.54) is 139 Å². The van der Waals surface area contributed by atoms with Crippen LogP contribution in [-0.2, 0) is 21.7 Å². The Kier molecular flexibility index (Phi) is 14.5. The lowest BCUT2D eigenvalue weighted by molar-refractivity contribution is 0.660. The zero-order valence-corrected chi connectivity index (χ0v) is 59.8. The van der Waals surface area contributed by atoms with Crippen molar-refractivity contribution in [1.82, 2.24) is 0 Å². The van der Waals surface area contributed by atoms with Crippen LogP contribution in [0.1, 0.15) is 94.5 Å². The van der Waals surface area contributed by atoms with Gasteiger partial charge in [-0.25, -0.2) is 0 Å². The van der Waals surface area contributed by atoms with Crippen molar-refractivity contribution >= 4 is 34.1 Å². The van der Waals surface area contributed by atoms with Crippen molar-refractivity contribution in [2.75, 3.05) is 9.80 Å². The molecule has 0 unspecified atom stereocenters. The van der Waals surface area contributed by atoms with E-state index in [-0.39, 0.29) is 10.8 Å². The van der Waals surface area contributed by atoms with E-state index < -0.39 is 10.8 Å². The average Bonchev–Trinajstić information content (AvgIpc) is 1.54. The Hall–Kier alpha value is -12.9. The summed E-state index contributed by atoms with van der Waals surface area (Å²) in [5.74, 6) is 0. The maximum absolute atomic E-state index is 2.49. The summed E-state index contributed by atoms with van der Waals surface area (Å²) in [5.41, 5.74) is 38.0. The third-order valence-corrected chi connectivity index (χ3v) is 24.1. The topological polar surface area (TPSA) is 6.48 Å². The van der Waals surface area contributed by atoms with E-state index in [1.54, 1.807) is 0 Å². The highest BCUT2D eigenvalue weighted by Gasteiger charge is 2.49. The van der Waals surface area contributed by atoms with Gasteiger partial charge in [0, 0.05) is 45.0 Å². The molecule has 0 heterocycles. The third kappa shape index (κ3) is 9.50. The molecule has 0 N–H and O–H groups in total. The Balaban J connectivity index is 0.653. The number of fused-ring (bicyclic) bond motifs is 12. The van der Waals surface area contributed by atoms with Crippen LogP contribution in [0.15, 0.2) is 388 Å². The van der Waals surface area contributed by atoms with Gasteiger partial charge in [-0.05, 0) is 224 Å². The molecule has 0 aromatic heterocycles. The lowest BCUT2D eigenvalue weighted by atomic mass is 9.67. The number of benzene rings is 16. The van der Waals surface area contributed by atoms with E-state index >= 15 is 0 Å². The van der Waals surface area contributed by atoms with Crippen LogP contribution < -0.4 is 9.80 Å². The SMILES string of the molecule is CC1(C)c2ccccc2-c2cc(N(c3ccc(-c4ccc(-c5ccc6c(c5)C(C)(C)c5ccc(N(c7ccc(-c8ccccc8)cc7)c7ccc8c(c7)C(c7ccccc7)(c7ccccc7)c7ccccc7-8)cc5-6)cc4)cc3)c3ccc4c(c3)C(c3ccccc3)(c3ccccc3)c3ccccc3-4)ccc21. The van der Waals surface area contributed by atoms with Crippen LogP contribution in [0.3, 0.4) is 0 Å². The molecular formula is C104H76N2. The Morgan fingerprint density at radius 1 is 0.160 bits per heavy atom. The summed E-state index contributed by atoms with van der Waals surface area (Å²) in [7, 11) is 0. The van der Waals surface area contributed by atoms with Gasteiger partial charge in [0.2, 0.25) is 0 Å². The molecule has 0 bridgehead atoms. The van der Waals surface area contributed by atoms with E-state index in [0.717, 1.165) is 39.7 Å². The summed E-state index contributed by atoms with van der Waals surface area (Å²) in [6.45, 7) is 9.53. The molecule has 20 rings (SSSR count). The first-order valence-electron chi connectivity index (χ1n) is 37.3. The van der Waals surface area contributed by atoms with Crippen LogP contribution in [0.2, 0.25) is 0 Å². The summed E-state index contributed by atoms with van der Waals surface area (Å²) >= 11 is 0. The van der Waals surface area contributed by atoms with E-state index in [2.05, 4.69) is 426 Å². The molecule has 0 fully saturated rings. The lowest BCUT2D eigenvalue weighted by Crippen LogP contribution is -2.28. The van der Waals surface area contributed by atoms with Crippen LogP contribution in [0.25, 0.3) is 77.9 Å². The van der Waals surface area contributed by atoms with Crippen molar-refractivity contribution in [3.8, 4) is 77.9 Å². The Morgan fingerprint density at radius 2 is 0.415 bits per heavy atom. The van der Waals surface area contributed by atoms with Gasteiger partial charge in [-0.2, -0.15) is 0 Å². The first kappa shape index (κ1) is 62.9. The summed E-state index contributed by atoms with van der Waals surface area (Å²) < 4.78 is 0. The van der Waals surface area contributed by atoms with E-state index in [9.17, 15) is 0 Å². The van der Waals surface area contributed by atoms with Crippen LogP contribution in [-0.4, -0.2) is 0 Å². The second kappa shape index (κ2) is 24.4. The molecule has 0 amide bonds. The second-order valence-corrected chi connectivity index (χ2v) is 30.2. The van der Waals surface area contributed by atoms with Crippen LogP contribution in [0, 0.1) is 0 Å².